The smallest absolute Gasteiger partial charge is 0.127 e. The summed E-state index contributed by atoms with van der Waals surface area (Å²) in [7, 11) is 0. The summed E-state index contributed by atoms with van der Waals surface area (Å²) in [6.07, 6.45) is 0. The van der Waals surface area contributed by atoms with E-state index in [0.29, 0.717) is 10.6 Å². The van der Waals surface area contributed by atoms with Crippen LogP contribution >= 0.6 is 23.2 Å². The van der Waals surface area contributed by atoms with Crippen LogP contribution in [0.5, 0.6) is 0 Å². The molecule has 0 aliphatic carbocycles. The van der Waals surface area contributed by atoms with E-state index in [1.165, 1.54) is 6.07 Å². The van der Waals surface area contributed by atoms with Gasteiger partial charge in [-0.05, 0) is 24.6 Å². The Hall–Kier alpha value is -0.270. The molecule has 0 unspecified atom stereocenters. The second-order valence-electron chi connectivity index (χ2n) is 2.33. The van der Waals surface area contributed by atoms with Crippen molar-refractivity contribution in [1.82, 2.24) is 0 Å². The van der Waals surface area contributed by atoms with Crippen molar-refractivity contribution >= 4 is 23.2 Å². The number of aryl methyl sites for hydroxylation is 1. The third kappa shape index (κ3) is 1.85. The van der Waals surface area contributed by atoms with E-state index in [1.54, 1.807) is 13.0 Å². The van der Waals surface area contributed by atoms with E-state index in [2.05, 4.69) is 0 Å². The van der Waals surface area contributed by atoms with Gasteiger partial charge in [0.1, 0.15) is 5.82 Å². The molecular formula is C8H7Cl2F. The Bertz CT molecular complexity index is 271. The zero-order valence-corrected chi connectivity index (χ0v) is 7.51. The van der Waals surface area contributed by atoms with Crippen molar-refractivity contribution in [3.05, 3.63) is 34.1 Å². The first kappa shape index (κ1) is 8.82. The summed E-state index contributed by atoms with van der Waals surface area (Å²) in [5.74, 6) is -0.131. The summed E-state index contributed by atoms with van der Waals surface area (Å²) >= 11 is 11.2. The second-order valence-corrected chi connectivity index (χ2v) is 3.00. The first-order chi connectivity index (χ1) is 5.15. The van der Waals surface area contributed by atoms with Crippen LogP contribution in [0.4, 0.5) is 4.39 Å². The van der Waals surface area contributed by atoms with Crippen LogP contribution < -0.4 is 0 Å². The third-order valence-electron chi connectivity index (χ3n) is 1.47. The maximum Gasteiger partial charge on any atom is 0.127 e. The lowest BCUT2D eigenvalue weighted by Gasteiger charge is -2.01. The van der Waals surface area contributed by atoms with Crippen LogP contribution in [0.15, 0.2) is 12.1 Å². The van der Waals surface area contributed by atoms with Crippen LogP contribution in [0.25, 0.3) is 0 Å². The van der Waals surface area contributed by atoms with Gasteiger partial charge in [0, 0.05) is 10.6 Å². The Morgan fingerprint density at radius 2 is 2.09 bits per heavy atom. The van der Waals surface area contributed by atoms with Gasteiger partial charge in [0.05, 0.1) is 5.88 Å². The van der Waals surface area contributed by atoms with Gasteiger partial charge in [0.25, 0.3) is 0 Å². The van der Waals surface area contributed by atoms with E-state index < -0.39 is 0 Å². The molecule has 0 bridgehead atoms. The normalized spacial score (nSPS) is 10.2. The lowest BCUT2D eigenvalue weighted by atomic mass is 10.1. The molecule has 0 fully saturated rings. The lowest BCUT2D eigenvalue weighted by Crippen LogP contribution is -1.87. The number of hydrogen-bond acceptors (Lipinski definition) is 0. The first-order valence-corrected chi connectivity index (χ1v) is 4.07. The molecule has 3 heteroatoms. The predicted octanol–water partition coefficient (Wildman–Crippen LogP) is 3.53. The predicted molar refractivity (Wildman–Crippen MR) is 45.7 cm³/mol. The molecule has 0 atom stereocenters. The average Bonchev–Trinajstić information content (AvgIpc) is 1.97. The monoisotopic (exact) mass is 192 g/mol. The third-order valence-corrected chi connectivity index (χ3v) is 2.17. The molecular weight excluding hydrogens is 186 g/mol. The maximum absolute atomic E-state index is 12.9. The van der Waals surface area contributed by atoms with Crippen LogP contribution in [0.2, 0.25) is 5.02 Å². The van der Waals surface area contributed by atoms with Crippen LogP contribution in [-0.2, 0) is 5.88 Å². The molecule has 1 aromatic carbocycles. The zero-order chi connectivity index (χ0) is 8.43. The Morgan fingerprint density at radius 1 is 1.45 bits per heavy atom. The van der Waals surface area contributed by atoms with Gasteiger partial charge in [-0.15, -0.1) is 11.6 Å². The highest BCUT2D eigenvalue weighted by atomic mass is 35.5. The fourth-order valence-corrected chi connectivity index (χ4v) is 1.18. The van der Waals surface area contributed by atoms with Crippen LogP contribution in [0, 0.1) is 12.7 Å². The number of rotatable bonds is 1. The van der Waals surface area contributed by atoms with Crippen LogP contribution in [-0.4, -0.2) is 0 Å². The summed E-state index contributed by atoms with van der Waals surface area (Å²) in [4.78, 5) is 0. The minimum atomic E-state index is -0.290. The first-order valence-electron chi connectivity index (χ1n) is 3.15. The number of hydrogen-bond donors (Lipinski definition) is 0. The molecule has 0 heterocycles. The highest BCUT2D eigenvalue weighted by Crippen LogP contribution is 2.20. The second kappa shape index (κ2) is 3.42. The largest absolute Gasteiger partial charge is 0.207 e. The molecule has 0 aliphatic heterocycles. The topological polar surface area (TPSA) is 0 Å². The molecule has 0 saturated carbocycles. The summed E-state index contributed by atoms with van der Waals surface area (Å²) in [5.41, 5.74) is 1.18. The zero-order valence-electron chi connectivity index (χ0n) is 6.00. The number of benzene rings is 1. The van der Waals surface area contributed by atoms with Gasteiger partial charge >= 0.3 is 0 Å². The van der Waals surface area contributed by atoms with Gasteiger partial charge < -0.3 is 0 Å². The van der Waals surface area contributed by atoms with E-state index in [-0.39, 0.29) is 11.7 Å². The summed E-state index contributed by atoms with van der Waals surface area (Å²) < 4.78 is 12.9. The Kier molecular flexibility index (Phi) is 2.74. The van der Waals surface area contributed by atoms with Gasteiger partial charge in [0.2, 0.25) is 0 Å². The van der Waals surface area contributed by atoms with Crippen molar-refractivity contribution in [1.29, 1.82) is 0 Å². The molecule has 60 valence electrons. The molecule has 0 nitrogen and oxygen atoms in total. The Labute approximate surface area is 74.9 Å². The molecule has 0 spiro atoms. The van der Waals surface area contributed by atoms with Crippen molar-refractivity contribution in [3.63, 3.8) is 0 Å². The van der Waals surface area contributed by atoms with E-state index >= 15 is 0 Å². The van der Waals surface area contributed by atoms with Crippen molar-refractivity contribution < 1.29 is 4.39 Å². The molecule has 0 aliphatic rings. The molecule has 0 amide bonds. The molecule has 1 aromatic rings. The van der Waals surface area contributed by atoms with E-state index in [0.717, 1.165) is 5.56 Å². The summed E-state index contributed by atoms with van der Waals surface area (Å²) in [6.45, 7) is 1.75. The molecule has 0 aromatic heterocycles. The van der Waals surface area contributed by atoms with Crippen LogP contribution in [0.3, 0.4) is 0 Å². The van der Waals surface area contributed by atoms with Crippen LogP contribution in [0.1, 0.15) is 11.1 Å². The number of alkyl halides is 1. The van der Waals surface area contributed by atoms with Crippen molar-refractivity contribution in [2.45, 2.75) is 12.8 Å². The van der Waals surface area contributed by atoms with Gasteiger partial charge in [-0.2, -0.15) is 0 Å². The average molecular weight is 193 g/mol. The van der Waals surface area contributed by atoms with E-state index in [9.17, 15) is 4.39 Å². The quantitative estimate of drug-likeness (QED) is 0.598. The Morgan fingerprint density at radius 3 is 2.64 bits per heavy atom. The minimum absolute atomic E-state index is 0.159. The van der Waals surface area contributed by atoms with Gasteiger partial charge in [-0.25, -0.2) is 4.39 Å². The molecule has 0 saturated heterocycles. The van der Waals surface area contributed by atoms with E-state index in [4.69, 9.17) is 23.2 Å². The molecule has 0 radical (unpaired) electrons. The Balaban J connectivity index is 3.21. The van der Waals surface area contributed by atoms with Gasteiger partial charge in [-0.3, -0.25) is 0 Å². The lowest BCUT2D eigenvalue weighted by molar-refractivity contribution is 0.616. The maximum atomic E-state index is 12.9. The fraction of sp³-hybridized carbons (Fsp3) is 0.250. The molecule has 11 heavy (non-hydrogen) atoms. The van der Waals surface area contributed by atoms with Gasteiger partial charge in [-0.1, -0.05) is 11.6 Å². The SMILES string of the molecule is Cc1cc(F)c(CCl)cc1Cl. The van der Waals surface area contributed by atoms with E-state index in [1.807, 2.05) is 0 Å². The highest BCUT2D eigenvalue weighted by molar-refractivity contribution is 6.31. The fourth-order valence-electron chi connectivity index (χ4n) is 0.790. The minimum Gasteiger partial charge on any atom is -0.207 e. The number of halogens is 3. The van der Waals surface area contributed by atoms with Crippen molar-refractivity contribution in [2.24, 2.45) is 0 Å². The van der Waals surface area contributed by atoms with Crippen molar-refractivity contribution in [2.75, 3.05) is 0 Å². The molecule has 1 rings (SSSR count). The summed E-state index contributed by atoms with van der Waals surface area (Å²) in [6, 6.07) is 2.94. The van der Waals surface area contributed by atoms with Gasteiger partial charge in [0.15, 0.2) is 0 Å². The highest BCUT2D eigenvalue weighted by Gasteiger charge is 2.03. The van der Waals surface area contributed by atoms with Crippen molar-refractivity contribution in [3.8, 4) is 0 Å². The standard InChI is InChI=1S/C8H7Cl2F/c1-5-2-8(11)6(4-9)3-7(5)10/h2-3H,4H2,1H3. The summed E-state index contributed by atoms with van der Waals surface area (Å²) in [5, 5.41) is 0.557. The molecule has 0 N–H and O–H groups in total.